The van der Waals surface area contributed by atoms with E-state index < -0.39 is 41.9 Å². The highest BCUT2D eigenvalue weighted by Crippen LogP contribution is 2.10. The van der Waals surface area contributed by atoms with E-state index in [1.54, 1.807) is 24.3 Å². The van der Waals surface area contributed by atoms with Gasteiger partial charge in [-0.25, -0.2) is 9.59 Å². The fraction of sp³-hybridized carbons (Fsp3) is 0.548. The monoisotopic (exact) mass is 662 g/mol. The van der Waals surface area contributed by atoms with Crippen molar-refractivity contribution in [2.45, 2.75) is 90.8 Å². The molecule has 260 valence electrons. The molecular weight excluding hydrogens is 616 g/mol. The van der Waals surface area contributed by atoms with E-state index in [-0.39, 0.29) is 62.4 Å². The summed E-state index contributed by atoms with van der Waals surface area (Å²) in [6.07, 6.45) is 0.245. The van der Waals surface area contributed by atoms with Crippen molar-refractivity contribution in [3.05, 3.63) is 29.8 Å². The number of unbranched alkanes of at least 4 members (excludes halogenated alkanes) is 1. The van der Waals surface area contributed by atoms with Crippen LogP contribution in [0.25, 0.3) is 0 Å². The lowest BCUT2D eigenvalue weighted by Gasteiger charge is -2.21. The fourth-order valence-electron chi connectivity index (χ4n) is 4.01. The number of hydrogen-bond donors (Lipinski definition) is 7. The van der Waals surface area contributed by atoms with Crippen molar-refractivity contribution in [1.29, 1.82) is 0 Å². The zero-order valence-corrected chi connectivity index (χ0v) is 27.2. The Balaban J connectivity index is 2.46. The number of ether oxygens (including phenoxy) is 1. The molecule has 0 aromatic heterocycles. The van der Waals surface area contributed by atoms with Gasteiger partial charge in [0.1, 0.15) is 12.1 Å². The van der Waals surface area contributed by atoms with Gasteiger partial charge in [0.05, 0.1) is 6.42 Å². The van der Waals surface area contributed by atoms with Crippen molar-refractivity contribution < 1.29 is 48.2 Å². The van der Waals surface area contributed by atoms with Crippen LogP contribution in [0.15, 0.2) is 24.3 Å². The quantitative estimate of drug-likeness (QED) is 0.0682. The van der Waals surface area contributed by atoms with Crippen LogP contribution in [-0.4, -0.2) is 90.3 Å². The zero-order chi connectivity index (χ0) is 35.4. The molecule has 0 fully saturated rings. The Morgan fingerprint density at radius 2 is 1.36 bits per heavy atom. The molecule has 6 amide bonds. The first kappa shape index (κ1) is 40.0. The van der Waals surface area contributed by atoms with E-state index >= 15 is 0 Å². The van der Waals surface area contributed by atoms with Crippen molar-refractivity contribution in [2.75, 3.05) is 25.0 Å². The highest BCUT2D eigenvalue weighted by Gasteiger charge is 2.27. The minimum atomic E-state index is -1.41. The number of anilines is 1. The molecule has 0 radical (unpaired) electrons. The van der Waals surface area contributed by atoms with Crippen molar-refractivity contribution in [3.8, 4) is 0 Å². The predicted molar refractivity (Wildman–Crippen MR) is 170 cm³/mol. The van der Waals surface area contributed by atoms with Gasteiger partial charge in [0.2, 0.25) is 35.4 Å². The number of carbonyl (C=O) groups is 8. The molecule has 0 aliphatic carbocycles. The first-order valence-corrected chi connectivity index (χ1v) is 15.3. The minimum absolute atomic E-state index is 0.00180. The number of amides is 6. The Labute approximate surface area is 273 Å². The predicted octanol–water partition coefficient (Wildman–Crippen LogP) is -0.0976. The van der Waals surface area contributed by atoms with E-state index in [2.05, 4.69) is 31.9 Å². The molecule has 7 N–H and O–H groups in total. The number of aliphatic carboxylic acids is 1. The molecular formula is C31H46N6O10. The molecule has 0 saturated heterocycles. The summed E-state index contributed by atoms with van der Waals surface area (Å²) in [4.78, 5) is 95.1. The maximum atomic E-state index is 12.9. The summed E-state index contributed by atoms with van der Waals surface area (Å²) in [5, 5.41) is 24.6. The Hall–Kier alpha value is -5.02. The van der Waals surface area contributed by atoms with Gasteiger partial charge in [-0.05, 0) is 57.2 Å². The van der Waals surface area contributed by atoms with E-state index in [0.29, 0.717) is 31.5 Å². The molecule has 1 rings (SSSR count). The molecule has 47 heavy (non-hydrogen) atoms. The number of nitrogens with one attached hydrogen (secondary N) is 6. The van der Waals surface area contributed by atoms with Crippen LogP contribution in [0.5, 0.6) is 0 Å². The normalized spacial score (nSPS) is 12.3. The molecule has 16 heteroatoms. The number of rotatable bonds is 21. The largest absolute Gasteiger partial charge is 0.479 e. The molecule has 0 heterocycles. The third-order valence-corrected chi connectivity index (χ3v) is 6.51. The Kier molecular flexibility index (Phi) is 18.4. The molecule has 16 nitrogen and oxygen atoms in total. The van der Waals surface area contributed by atoms with Crippen LogP contribution in [0.1, 0.15) is 71.8 Å². The van der Waals surface area contributed by atoms with Crippen LogP contribution >= 0.6 is 0 Å². The number of benzene rings is 1. The lowest BCUT2D eigenvalue weighted by molar-refractivity contribution is -0.164. The Bertz CT molecular complexity index is 1250. The van der Waals surface area contributed by atoms with Gasteiger partial charge in [-0.3, -0.25) is 28.8 Å². The molecule has 0 bridgehead atoms. The van der Waals surface area contributed by atoms with E-state index in [0.717, 1.165) is 5.56 Å². The number of hydrogen-bond acceptors (Lipinski definition) is 9. The van der Waals surface area contributed by atoms with E-state index in [1.165, 1.54) is 27.7 Å². The summed E-state index contributed by atoms with van der Waals surface area (Å²) in [6, 6.07) is 4.65. The highest BCUT2D eigenvalue weighted by molar-refractivity contribution is 5.91. The first-order chi connectivity index (χ1) is 22.2. The van der Waals surface area contributed by atoms with Gasteiger partial charge < -0.3 is 41.7 Å². The van der Waals surface area contributed by atoms with Crippen LogP contribution in [0.4, 0.5) is 5.69 Å². The van der Waals surface area contributed by atoms with E-state index in [1.807, 2.05) is 0 Å². The minimum Gasteiger partial charge on any atom is -0.479 e. The van der Waals surface area contributed by atoms with Gasteiger partial charge in [0, 0.05) is 52.0 Å². The average Bonchev–Trinajstić information content (AvgIpc) is 2.98. The summed E-state index contributed by atoms with van der Waals surface area (Å²) >= 11 is 0. The Morgan fingerprint density at radius 3 is 1.98 bits per heavy atom. The molecule has 0 spiro atoms. The molecule has 1 aromatic rings. The second kappa shape index (κ2) is 21.7. The number of carbonyl (C=O) groups excluding carboxylic acids is 7. The van der Waals surface area contributed by atoms with Crippen LogP contribution in [-0.2, 0) is 49.5 Å². The van der Waals surface area contributed by atoms with E-state index in [9.17, 15) is 38.4 Å². The summed E-state index contributed by atoms with van der Waals surface area (Å²) in [5.41, 5.74) is 1.39. The fourth-order valence-corrected chi connectivity index (χ4v) is 4.01. The summed E-state index contributed by atoms with van der Waals surface area (Å²) < 4.78 is 4.78. The van der Waals surface area contributed by atoms with Crippen LogP contribution < -0.4 is 31.9 Å². The summed E-state index contributed by atoms with van der Waals surface area (Å²) in [7, 11) is 0. The Morgan fingerprint density at radius 1 is 0.723 bits per heavy atom. The molecule has 0 unspecified atom stereocenters. The standard InChI is InChI=1S/C31H46N6O10/c1-19(31(46)47-20(2)30(44)45)35-29(43)25(8-5-6-15-32-21(3)38)37-27(41)14-17-34-26(40)9-7-16-33-28(42)18-23-10-12-24(13-11-23)36-22(4)39/h10-13,19-20,25H,5-9,14-18H2,1-4H3,(H,32,38)(H,33,42)(H,34,40)(H,35,43)(H,36,39)(H,37,41)(H,44,45)/t19-,20-,25+/m1/s1. The van der Waals surface area contributed by atoms with Gasteiger partial charge in [-0.2, -0.15) is 0 Å². The number of carboxylic acid groups (broad SMARTS) is 1. The smallest absolute Gasteiger partial charge is 0.344 e. The van der Waals surface area contributed by atoms with Gasteiger partial charge in [-0.1, -0.05) is 12.1 Å². The van der Waals surface area contributed by atoms with Crippen molar-refractivity contribution in [1.82, 2.24) is 26.6 Å². The maximum Gasteiger partial charge on any atom is 0.344 e. The highest BCUT2D eigenvalue weighted by atomic mass is 16.6. The third-order valence-electron chi connectivity index (χ3n) is 6.51. The van der Waals surface area contributed by atoms with Gasteiger partial charge in [-0.15, -0.1) is 0 Å². The second-order valence-corrected chi connectivity index (χ2v) is 10.9. The SMILES string of the molecule is CC(=O)NCCCC[C@H](NC(=O)CCNC(=O)CCCNC(=O)Cc1ccc(NC(C)=O)cc1)C(=O)N[C@H](C)C(=O)O[C@H](C)C(=O)O. The molecule has 1 aromatic carbocycles. The molecule has 0 aliphatic rings. The lowest BCUT2D eigenvalue weighted by atomic mass is 10.1. The average molecular weight is 663 g/mol. The van der Waals surface area contributed by atoms with Crippen molar-refractivity contribution >= 4 is 53.1 Å². The molecule has 0 aliphatic heterocycles. The zero-order valence-electron chi connectivity index (χ0n) is 27.2. The van der Waals surface area contributed by atoms with Crippen LogP contribution in [0.3, 0.4) is 0 Å². The van der Waals surface area contributed by atoms with Crippen molar-refractivity contribution in [2.24, 2.45) is 0 Å². The second-order valence-electron chi connectivity index (χ2n) is 10.9. The number of esters is 1. The van der Waals surface area contributed by atoms with Crippen LogP contribution in [0.2, 0.25) is 0 Å². The third kappa shape index (κ3) is 18.5. The van der Waals surface area contributed by atoms with Crippen molar-refractivity contribution in [3.63, 3.8) is 0 Å². The summed E-state index contributed by atoms with van der Waals surface area (Å²) in [5.74, 6) is -4.45. The van der Waals surface area contributed by atoms with Gasteiger partial charge >= 0.3 is 11.9 Å². The maximum absolute atomic E-state index is 12.9. The first-order valence-electron chi connectivity index (χ1n) is 15.3. The summed E-state index contributed by atoms with van der Waals surface area (Å²) in [6.45, 7) is 5.91. The van der Waals surface area contributed by atoms with Crippen LogP contribution in [0, 0.1) is 0 Å². The van der Waals surface area contributed by atoms with Gasteiger partial charge in [0.25, 0.3) is 0 Å². The lowest BCUT2D eigenvalue weighted by Crippen LogP contribution is -2.51. The van der Waals surface area contributed by atoms with Gasteiger partial charge in [0.15, 0.2) is 6.10 Å². The topological polar surface area (TPSA) is 238 Å². The number of carboxylic acids is 1. The molecule has 0 saturated carbocycles. The molecule has 3 atom stereocenters. The van der Waals surface area contributed by atoms with E-state index in [4.69, 9.17) is 9.84 Å².